The van der Waals surface area contributed by atoms with Crippen molar-refractivity contribution in [2.45, 2.75) is 13.0 Å². The number of hydrogen-bond donors (Lipinski definition) is 2. The summed E-state index contributed by atoms with van der Waals surface area (Å²) in [5.41, 5.74) is 5.84. The van der Waals surface area contributed by atoms with E-state index < -0.39 is 0 Å². The molecule has 3 N–H and O–H groups in total. The number of nitrogens with one attached hydrogen (secondary N) is 1. The number of hydrazine groups is 1. The first kappa shape index (κ1) is 13.9. The molecule has 0 spiro atoms. The third kappa shape index (κ3) is 2.89. The van der Waals surface area contributed by atoms with Crippen molar-refractivity contribution in [2.24, 2.45) is 5.84 Å². The largest absolute Gasteiger partial charge is 0.496 e. The highest BCUT2D eigenvalue weighted by molar-refractivity contribution is 6.31. The minimum Gasteiger partial charge on any atom is -0.496 e. The number of methoxy groups -OCH3 is 1. The van der Waals surface area contributed by atoms with E-state index in [0.717, 1.165) is 22.4 Å². The summed E-state index contributed by atoms with van der Waals surface area (Å²) in [6.07, 6.45) is 0. The monoisotopic (exact) mass is 276 g/mol. The fourth-order valence-corrected chi connectivity index (χ4v) is 2.34. The first-order valence-corrected chi connectivity index (χ1v) is 6.40. The van der Waals surface area contributed by atoms with Crippen molar-refractivity contribution < 1.29 is 4.74 Å². The highest BCUT2D eigenvalue weighted by atomic mass is 35.5. The lowest BCUT2D eigenvalue weighted by Gasteiger charge is -2.19. The fourth-order valence-electron chi connectivity index (χ4n) is 2.09. The molecule has 0 bridgehead atoms. The van der Waals surface area contributed by atoms with Crippen molar-refractivity contribution in [2.75, 3.05) is 7.11 Å². The van der Waals surface area contributed by atoms with E-state index in [-0.39, 0.29) is 6.04 Å². The molecule has 1 unspecified atom stereocenters. The number of halogens is 1. The maximum atomic E-state index is 6.23. The maximum absolute atomic E-state index is 6.23. The Labute approximate surface area is 118 Å². The van der Waals surface area contributed by atoms with E-state index in [1.807, 2.05) is 49.4 Å². The van der Waals surface area contributed by atoms with Crippen LogP contribution in [0.25, 0.3) is 0 Å². The molecule has 0 radical (unpaired) electrons. The van der Waals surface area contributed by atoms with Gasteiger partial charge in [0.25, 0.3) is 0 Å². The van der Waals surface area contributed by atoms with E-state index in [9.17, 15) is 0 Å². The Balaban J connectivity index is 2.45. The molecule has 0 aromatic heterocycles. The summed E-state index contributed by atoms with van der Waals surface area (Å²) in [4.78, 5) is 0. The summed E-state index contributed by atoms with van der Waals surface area (Å²) in [6.45, 7) is 2.00. The number of ether oxygens (including phenoxy) is 1. The first-order valence-electron chi connectivity index (χ1n) is 6.02. The zero-order valence-electron chi connectivity index (χ0n) is 11.0. The third-order valence-corrected chi connectivity index (χ3v) is 3.49. The fraction of sp³-hybridized carbons (Fsp3) is 0.200. The molecule has 19 heavy (non-hydrogen) atoms. The summed E-state index contributed by atoms with van der Waals surface area (Å²) in [6, 6.07) is 13.5. The second kappa shape index (κ2) is 6.06. The Hall–Kier alpha value is -1.55. The normalized spacial score (nSPS) is 12.2. The topological polar surface area (TPSA) is 47.3 Å². The molecule has 3 nitrogen and oxygen atoms in total. The second-order valence-corrected chi connectivity index (χ2v) is 4.76. The predicted octanol–water partition coefficient (Wildman–Crippen LogP) is 3.21. The molecule has 0 aliphatic carbocycles. The van der Waals surface area contributed by atoms with Crippen LogP contribution in [-0.2, 0) is 0 Å². The Bertz CT molecular complexity index is 572. The van der Waals surface area contributed by atoms with Crippen LogP contribution in [-0.4, -0.2) is 7.11 Å². The van der Waals surface area contributed by atoms with Gasteiger partial charge in [-0.15, -0.1) is 0 Å². The zero-order valence-corrected chi connectivity index (χ0v) is 11.7. The number of rotatable bonds is 4. The Morgan fingerprint density at radius 3 is 2.58 bits per heavy atom. The summed E-state index contributed by atoms with van der Waals surface area (Å²) in [5.74, 6) is 6.52. The highest BCUT2D eigenvalue weighted by Gasteiger charge is 2.16. The van der Waals surface area contributed by atoms with Gasteiger partial charge in [0, 0.05) is 5.02 Å². The molecule has 100 valence electrons. The van der Waals surface area contributed by atoms with Gasteiger partial charge in [-0.3, -0.25) is 5.84 Å². The van der Waals surface area contributed by atoms with Crippen LogP contribution in [0.15, 0.2) is 42.5 Å². The van der Waals surface area contributed by atoms with E-state index >= 15 is 0 Å². The Morgan fingerprint density at radius 1 is 1.21 bits per heavy atom. The van der Waals surface area contributed by atoms with Crippen LogP contribution < -0.4 is 16.0 Å². The van der Waals surface area contributed by atoms with Crippen LogP contribution in [0.3, 0.4) is 0 Å². The molecule has 0 aliphatic heterocycles. The standard InChI is InChI=1S/C15H17ClN2O/c1-10-7-8-11(9-14(10)19-2)15(18-17)12-5-3-4-6-13(12)16/h3-9,15,18H,17H2,1-2H3. The summed E-state index contributed by atoms with van der Waals surface area (Å²) in [5, 5.41) is 0.685. The minimum atomic E-state index is -0.164. The predicted molar refractivity (Wildman–Crippen MR) is 78.3 cm³/mol. The number of benzene rings is 2. The highest BCUT2D eigenvalue weighted by Crippen LogP contribution is 2.30. The molecule has 0 fully saturated rings. The number of hydrogen-bond acceptors (Lipinski definition) is 3. The smallest absolute Gasteiger partial charge is 0.122 e. The SMILES string of the molecule is COc1cc(C(NN)c2ccccc2Cl)ccc1C. The third-order valence-electron chi connectivity index (χ3n) is 3.15. The molecule has 0 saturated carbocycles. The Kier molecular flexibility index (Phi) is 4.43. The van der Waals surface area contributed by atoms with Gasteiger partial charge in [0.15, 0.2) is 0 Å². The van der Waals surface area contributed by atoms with E-state index in [1.165, 1.54) is 0 Å². The van der Waals surface area contributed by atoms with Crippen molar-refractivity contribution in [3.63, 3.8) is 0 Å². The van der Waals surface area contributed by atoms with Gasteiger partial charge in [-0.05, 0) is 35.7 Å². The lowest BCUT2D eigenvalue weighted by atomic mass is 9.98. The molecule has 4 heteroatoms. The molecule has 2 aromatic rings. The number of aryl methyl sites for hydroxylation is 1. The number of nitrogens with two attached hydrogens (primary N) is 1. The summed E-state index contributed by atoms with van der Waals surface area (Å²) in [7, 11) is 1.66. The first-order chi connectivity index (χ1) is 9.17. The van der Waals surface area contributed by atoms with Crippen molar-refractivity contribution in [1.82, 2.24) is 5.43 Å². The van der Waals surface area contributed by atoms with E-state index in [4.69, 9.17) is 22.2 Å². The van der Waals surface area contributed by atoms with Gasteiger partial charge in [-0.2, -0.15) is 0 Å². The van der Waals surface area contributed by atoms with Crippen molar-refractivity contribution in [1.29, 1.82) is 0 Å². The van der Waals surface area contributed by atoms with Crippen LogP contribution in [0, 0.1) is 6.92 Å². The molecule has 2 rings (SSSR count). The molecule has 0 amide bonds. The van der Waals surface area contributed by atoms with Gasteiger partial charge in [-0.25, -0.2) is 5.43 Å². The van der Waals surface area contributed by atoms with Crippen molar-refractivity contribution in [3.05, 3.63) is 64.2 Å². The lowest BCUT2D eigenvalue weighted by molar-refractivity contribution is 0.410. The average Bonchev–Trinajstić information content (AvgIpc) is 2.43. The summed E-state index contributed by atoms with van der Waals surface area (Å²) >= 11 is 6.23. The quantitative estimate of drug-likeness (QED) is 0.666. The van der Waals surface area contributed by atoms with Crippen molar-refractivity contribution >= 4 is 11.6 Å². The van der Waals surface area contributed by atoms with Crippen LogP contribution in [0.4, 0.5) is 0 Å². The second-order valence-electron chi connectivity index (χ2n) is 4.35. The van der Waals surface area contributed by atoms with E-state index in [2.05, 4.69) is 5.43 Å². The van der Waals surface area contributed by atoms with Crippen LogP contribution in [0.2, 0.25) is 5.02 Å². The van der Waals surface area contributed by atoms with E-state index in [0.29, 0.717) is 5.02 Å². The molecular weight excluding hydrogens is 260 g/mol. The Morgan fingerprint density at radius 2 is 1.95 bits per heavy atom. The maximum Gasteiger partial charge on any atom is 0.122 e. The van der Waals surface area contributed by atoms with Gasteiger partial charge in [0.05, 0.1) is 13.2 Å². The molecule has 0 aliphatic rings. The van der Waals surface area contributed by atoms with Crippen LogP contribution in [0.1, 0.15) is 22.7 Å². The van der Waals surface area contributed by atoms with Gasteiger partial charge >= 0.3 is 0 Å². The summed E-state index contributed by atoms with van der Waals surface area (Å²) < 4.78 is 5.34. The van der Waals surface area contributed by atoms with Gasteiger partial charge < -0.3 is 4.74 Å². The molecule has 0 heterocycles. The molecule has 0 saturated heterocycles. The molecule has 2 aromatic carbocycles. The van der Waals surface area contributed by atoms with Crippen LogP contribution >= 0.6 is 11.6 Å². The lowest BCUT2D eigenvalue weighted by Crippen LogP contribution is -2.29. The van der Waals surface area contributed by atoms with Gasteiger partial charge in [-0.1, -0.05) is 41.9 Å². The van der Waals surface area contributed by atoms with Gasteiger partial charge in [0.1, 0.15) is 5.75 Å². The van der Waals surface area contributed by atoms with E-state index in [1.54, 1.807) is 7.11 Å². The van der Waals surface area contributed by atoms with Crippen LogP contribution in [0.5, 0.6) is 5.75 Å². The average molecular weight is 277 g/mol. The zero-order chi connectivity index (χ0) is 13.8. The minimum absolute atomic E-state index is 0.164. The molecule has 1 atom stereocenters. The molecular formula is C15H17ClN2O. The van der Waals surface area contributed by atoms with Gasteiger partial charge in [0.2, 0.25) is 0 Å². The van der Waals surface area contributed by atoms with Crippen molar-refractivity contribution in [3.8, 4) is 5.75 Å².